The zero-order valence-corrected chi connectivity index (χ0v) is 13.3. The number of rotatable bonds is 4. The number of halogens is 3. The van der Waals surface area contributed by atoms with Gasteiger partial charge >= 0.3 is 0 Å². The highest BCUT2D eigenvalue weighted by atomic mass is 79.9. The molecule has 0 heterocycles. The van der Waals surface area contributed by atoms with Gasteiger partial charge in [-0.1, -0.05) is 12.2 Å². The van der Waals surface area contributed by atoms with Crippen LogP contribution in [0.25, 0.3) is 0 Å². The molecule has 0 radical (unpaired) electrons. The molecular weight excluding hydrogens is 362 g/mol. The second kappa shape index (κ2) is 6.36. The Bertz CT molecular complexity index is 710. The fourth-order valence-corrected chi connectivity index (χ4v) is 2.43. The van der Waals surface area contributed by atoms with Crippen LogP contribution in [-0.2, 0) is 0 Å². The summed E-state index contributed by atoms with van der Waals surface area (Å²) >= 11 is 7.98. The third-order valence-corrected chi connectivity index (χ3v) is 3.62. The molecule has 3 nitrogen and oxygen atoms in total. The van der Waals surface area contributed by atoms with Crippen molar-refractivity contribution >= 4 is 44.5 Å². The molecule has 0 fully saturated rings. The number of nitrogens with one attached hydrogen (secondary N) is 1. The van der Waals surface area contributed by atoms with E-state index in [1.54, 1.807) is 18.2 Å². The summed E-state index contributed by atoms with van der Waals surface area (Å²) in [6.07, 6.45) is 0. The fraction of sp³-hybridized carbons (Fsp3) is 0.0714. The summed E-state index contributed by atoms with van der Waals surface area (Å²) in [4.78, 5) is -0.190. The maximum Gasteiger partial charge on any atom is 0.182 e. The maximum atomic E-state index is 14.0. The molecule has 0 atom stereocenters. The van der Waals surface area contributed by atoms with Gasteiger partial charge in [0.15, 0.2) is 11.6 Å². The van der Waals surface area contributed by atoms with Crippen molar-refractivity contribution < 1.29 is 13.5 Å². The summed E-state index contributed by atoms with van der Waals surface area (Å²) in [5.74, 6) is -1.47. The van der Waals surface area contributed by atoms with Gasteiger partial charge in [-0.3, -0.25) is 0 Å². The van der Waals surface area contributed by atoms with Crippen molar-refractivity contribution in [1.29, 1.82) is 0 Å². The van der Waals surface area contributed by atoms with Gasteiger partial charge in [-0.25, -0.2) is 8.78 Å². The molecular formula is C14H11BrF2N2OS. The van der Waals surface area contributed by atoms with Gasteiger partial charge in [0.25, 0.3) is 0 Å². The summed E-state index contributed by atoms with van der Waals surface area (Å²) < 4.78 is 33.6. The van der Waals surface area contributed by atoms with Crippen LogP contribution in [-0.4, -0.2) is 12.1 Å². The van der Waals surface area contributed by atoms with E-state index in [0.29, 0.717) is 15.9 Å². The summed E-state index contributed by atoms with van der Waals surface area (Å²) in [5, 5.41) is 2.79. The normalized spacial score (nSPS) is 10.3. The first kappa shape index (κ1) is 15.7. The van der Waals surface area contributed by atoms with Crippen molar-refractivity contribution in [1.82, 2.24) is 0 Å². The van der Waals surface area contributed by atoms with Gasteiger partial charge in [0.2, 0.25) is 0 Å². The van der Waals surface area contributed by atoms with Crippen LogP contribution in [0.2, 0.25) is 0 Å². The minimum Gasteiger partial charge on any atom is -0.496 e. The van der Waals surface area contributed by atoms with Crippen molar-refractivity contribution in [2.75, 3.05) is 12.4 Å². The molecule has 3 N–H and O–H groups in total. The molecule has 0 saturated heterocycles. The van der Waals surface area contributed by atoms with Crippen LogP contribution in [0.5, 0.6) is 5.75 Å². The molecule has 0 spiro atoms. The lowest BCUT2D eigenvalue weighted by Gasteiger charge is -2.11. The lowest BCUT2D eigenvalue weighted by atomic mass is 10.1. The highest BCUT2D eigenvalue weighted by molar-refractivity contribution is 9.10. The van der Waals surface area contributed by atoms with Crippen molar-refractivity contribution in [3.63, 3.8) is 0 Å². The predicted molar refractivity (Wildman–Crippen MR) is 86.2 cm³/mol. The Morgan fingerprint density at radius 3 is 2.52 bits per heavy atom. The molecule has 2 aromatic rings. The van der Waals surface area contributed by atoms with Crippen molar-refractivity contribution in [2.24, 2.45) is 5.73 Å². The third-order valence-electron chi connectivity index (χ3n) is 2.78. The topological polar surface area (TPSA) is 47.3 Å². The minimum atomic E-state index is -1.07. The molecule has 0 unspecified atom stereocenters. The van der Waals surface area contributed by atoms with E-state index in [1.807, 2.05) is 0 Å². The quantitative estimate of drug-likeness (QED) is 0.792. The van der Waals surface area contributed by atoms with Crippen LogP contribution in [0.15, 0.2) is 34.8 Å². The summed E-state index contributed by atoms with van der Waals surface area (Å²) in [7, 11) is 1.54. The average molecular weight is 373 g/mol. The Kier molecular flexibility index (Phi) is 4.74. The Balaban J connectivity index is 2.34. The van der Waals surface area contributed by atoms with Crippen molar-refractivity contribution in [3.8, 4) is 5.75 Å². The minimum absolute atomic E-state index is 0.00966. The van der Waals surface area contributed by atoms with Gasteiger partial charge in [-0.05, 0) is 46.3 Å². The summed E-state index contributed by atoms with van der Waals surface area (Å²) in [6.45, 7) is 0. The van der Waals surface area contributed by atoms with Gasteiger partial charge in [0.1, 0.15) is 10.7 Å². The summed E-state index contributed by atoms with van der Waals surface area (Å²) in [5.41, 5.74) is 5.76. The smallest absolute Gasteiger partial charge is 0.182 e. The van der Waals surface area contributed by atoms with E-state index in [9.17, 15) is 8.78 Å². The van der Waals surface area contributed by atoms with E-state index in [0.717, 1.165) is 0 Å². The van der Waals surface area contributed by atoms with E-state index in [4.69, 9.17) is 10.5 Å². The fourth-order valence-electron chi connectivity index (χ4n) is 1.74. The number of hydrogen-bond donors (Lipinski definition) is 2. The average Bonchev–Trinajstić information content (AvgIpc) is 2.44. The molecule has 0 bridgehead atoms. The number of ether oxygens (including phenoxy) is 1. The molecule has 0 aliphatic heterocycles. The maximum absolute atomic E-state index is 14.0. The van der Waals surface area contributed by atoms with Crippen molar-refractivity contribution in [2.45, 2.75) is 0 Å². The molecule has 110 valence electrons. The van der Waals surface area contributed by atoms with Crippen LogP contribution < -0.4 is 15.8 Å². The monoisotopic (exact) mass is 372 g/mol. The zero-order valence-electron chi connectivity index (χ0n) is 10.9. The van der Waals surface area contributed by atoms with Gasteiger partial charge in [-0.15, -0.1) is 0 Å². The molecule has 7 heteroatoms. The molecule has 0 saturated carbocycles. The summed E-state index contributed by atoms with van der Waals surface area (Å²) in [6, 6.07) is 7.79. The second-order valence-corrected chi connectivity index (χ2v) is 5.42. The molecule has 0 aliphatic carbocycles. The highest BCUT2D eigenvalue weighted by Crippen LogP contribution is 2.30. The number of benzene rings is 2. The molecule has 0 aromatic heterocycles. The van der Waals surface area contributed by atoms with E-state index >= 15 is 0 Å². The van der Waals surface area contributed by atoms with Crippen LogP contribution in [0.1, 0.15) is 5.56 Å². The van der Waals surface area contributed by atoms with Crippen LogP contribution in [0.3, 0.4) is 0 Å². The molecule has 2 aromatic carbocycles. The Labute approximate surface area is 134 Å². The zero-order chi connectivity index (χ0) is 15.6. The van der Waals surface area contributed by atoms with Crippen LogP contribution >= 0.6 is 28.1 Å². The first-order valence-corrected chi connectivity index (χ1v) is 7.02. The number of nitrogens with two attached hydrogens (primary N) is 1. The van der Waals surface area contributed by atoms with Gasteiger partial charge < -0.3 is 15.8 Å². The van der Waals surface area contributed by atoms with Crippen molar-refractivity contribution in [3.05, 3.63) is 52.0 Å². The van der Waals surface area contributed by atoms with E-state index in [-0.39, 0.29) is 16.2 Å². The Hall–Kier alpha value is -1.73. The standard InChI is InChI=1S/C14H11BrF2N2OS/c1-20-11-5-2-7(6-9(11)15)19-10-4-3-8(14(18)21)12(16)13(10)17/h2-6,19H,1H3,(H2,18,21). The van der Waals surface area contributed by atoms with E-state index < -0.39 is 11.6 Å². The molecule has 0 amide bonds. The number of anilines is 2. The first-order valence-electron chi connectivity index (χ1n) is 5.82. The lowest BCUT2D eigenvalue weighted by molar-refractivity contribution is 0.412. The van der Waals surface area contributed by atoms with Crippen LogP contribution in [0, 0.1) is 11.6 Å². The molecule has 2 rings (SSSR count). The Morgan fingerprint density at radius 1 is 1.24 bits per heavy atom. The number of thiocarbonyl (C=S) groups is 1. The largest absolute Gasteiger partial charge is 0.496 e. The van der Waals surface area contributed by atoms with E-state index in [1.165, 1.54) is 19.2 Å². The van der Waals surface area contributed by atoms with Crippen LogP contribution in [0.4, 0.5) is 20.2 Å². The Morgan fingerprint density at radius 2 is 1.95 bits per heavy atom. The molecule has 21 heavy (non-hydrogen) atoms. The van der Waals surface area contributed by atoms with Gasteiger partial charge in [0.05, 0.1) is 17.3 Å². The predicted octanol–water partition coefficient (Wildman–Crippen LogP) is 4.11. The second-order valence-electron chi connectivity index (χ2n) is 4.13. The third kappa shape index (κ3) is 3.30. The molecule has 0 aliphatic rings. The number of hydrogen-bond acceptors (Lipinski definition) is 3. The lowest BCUT2D eigenvalue weighted by Crippen LogP contribution is -2.13. The van der Waals surface area contributed by atoms with Gasteiger partial charge in [-0.2, -0.15) is 0 Å². The number of methoxy groups -OCH3 is 1. The van der Waals surface area contributed by atoms with Gasteiger partial charge in [0, 0.05) is 11.3 Å². The SMILES string of the molecule is COc1ccc(Nc2ccc(C(N)=S)c(F)c2F)cc1Br. The first-order chi connectivity index (χ1) is 9.93. The highest BCUT2D eigenvalue weighted by Gasteiger charge is 2.15. The van der Waals surface area contributed by atoms with E-state index in [2.05, 4.69) is 33.5 Å².